The molecule has 9 heavy (non-hydrogen) atoms. The lowest BCUT2D eigenvalue weighted by Gasteiger charge is -2.12. The molecule has 0 aromatic rings. The molecule has 0 bridgehead atoms. The number of aliphatic hydroxyl groups is 2. The van der Waals surface area contributed by atoms with Crippen LogP contribution in [-0.2, 0) is 0 Å². The van der Waals surface area contributed by atoms with Crippen molar-refractivity contribution < 1.29 is 10.2 Å². The standard InChI is InChI=1S/C4H10O2S3/c5-1-3(6)4(7)2-9-8/h3-8H,1-2H2/t3-,4-/m1/s1. The minimum atomic E-state index is -0.729. The molecular weight excluding hydrogens is 176 g/mol. The lowest BCUT2D eigenvalue weighted by Crippen LogP contribution is -2.26. The van der Waals surface area contributed by atoms with Crippen molar-refractivity contribution in [3.8, 4) is 0 Å². The average Bonchev–Trinajstić information content (AvgIpc) is 1.87. The minimum Gasteiger partial charge on any atom is -0.394 e. The molecule has 0 aliphatic carbocycles. The van der Waals surface area contributed by atoms with E-state index in [-0.39, 0.29) is 11.9 Å². The molecule has 0 fully saturated rings. The number of hydrogen-bond acceptors (Lipinski definition) is 5. The van der Waals surface area contributed by atoms with Crippen LogP contribution >= 0.6 is 35.1 Å². The Labute approximate surface area is 69.3 Å². The highest BCUT2D eigenvalue weighted by Gasteiger charge is 2.12. The molecule has 0 heterocycles. The highest BCUT2D eigenvalue weighted by molar-refractivity contribution is 8.68. The Hall–Kier alpha value is 0.970. The Morgan fingerprint density at radius 3 is 2.44 bits per heavy atom. The van der Waals surface area contributed by atoms with Gasteiger partial charge in [0.15, 0.2) is 0 Å². The Morgan fingerprint density at radius 2 is 2.11 bits per heavy atom. The monoisotopic (exact) mass is 186 g/mol. The molecule has 0 aromatic carbocycles. The number of thiol groups is 2. The predicted molar refractivity (Wildman–Crippen MR) is 47.3 cm³/mol. The molecule has 0 unspecified atom stereocenters. The molecule has 0 rings (SSSR count). The van der Waals surface area contributed by atoms with Gasteiger partial charge in [0, 0.05) is 11.0 Å². The molecule has 0 spiro atoms. The summed E-state index contributed by atoms with van der Waals surface area (Å²) < 4.78 is 0. The van der Waals surface area contributed by atoms with Crippen LogP contribution in [0.1, 0.15) is 0 Å². The van der Waals surface area contributed by atoms with Crippen LogP contribution in [0.15, 0.2) is 0 Å². The Kier molecular flexibility index (Phi) is 6.35. The van der Waals surface area contributed by atoms with Crippen molar-refractivity contribution in [3.05, 3.63) is 0 Å². The maximum absolute atomic E-state index is 8.88. The van der Waals surface area contributed by atoms with Gasteiger partial charge in [-0.15, -0.1) is 11.7 Å². The molecule has 5 heteroatoms. The molecule has 0 aromatic heterocycles. The van der Waals surface area contributed by atoms with Gasteiger partial charge in [-0.1, -0.05) is 10.8 Å². The molecule has 2 nitrogen and oxygen atoms in total. The van der Waals surface area contributed by atoms with Crippen molar-refractivity contribution in [1.29, 1.82) is 0 Å². The Morgan fingerprint density at radius 1 is 1.56 bits per heavy atom. The minimum absolute atomic E-state index is 0.183. The zero-order chi connectivity index (χ0) is 7.28. The van der Waals surface area contributed by atoms with Gasteiger partial charge in [0.25, 0.3) is 0 Å². The topological polar surface area (TPSA) is 40.5 Å². The third-order valence-electron chi connectivity index (χ3n) is 0.877. The second-order valence-corrected chi connectivity index (χ2v) is 3.64. The highest BCUT2D eigenvalue weighted by atomic mass is 33.1. The van der Waals surface area contributed by atoms with Crippen LogP contribution in [0, 0.1) is 0 Å². The molecule has 2 atom stereocenters. The van der Waals surface area contributed by atoms with Gasteiger partial charge >= 0.3 is 0 Å². The summed E-state index contributed by atoms with van der Waals surface area (Å²) in [5.74, 6) is 0.633. The zero-order valence-corrected chi connectivity index (χ0v) is 7.37. The summed E-state index contributed by atoms with van der Waals surface area (Å²) >= 11 is 7.87. The lowest BCUT2D eigenvalue weighted by molar-refractivity contribution is 0.0978. The number of hydrogen-bond donors (Lipinski definition) is 4. The van der Waals surface area contributed by atoms with Gasteiger partial charge in [-0.3, -0.25) is 0 Å². The van der Waals surface area contributed by atoms with Crippen molar-refractivity contribution in [2.45, 2.75) is 11.4 Å². The zero-order valence-electron chi connectivity index (χ0n) is 4.77. The van der Waals surface area contributed by atoms with Crippen molar-refractivity contribution in [1.82, 2.24) is 0 Å². The van der Waals surface area contributed by atoms with Crippen LogP contribution in [0.5, 0.6) is 0 Å². The van der Waals surface area contributed by atoms with Crippen LogP contribution in [-0.4, -0.2) is 33.9 Å². The van der Waals surface area contributed by atoms with Crippen LogP contribution in [0.25, 0.3) is 0 Å². The smallest absolute Gasteiger partial charge is 0.0894 e. The fraction of sp³-hybridized carbons (Fsp3) is 1.00. The summed E-state index contributed by atoms with van der Waals surface area (Å²) in [5.41, 5.74) is 0. The van der Waals surface area contributed by atoms with Gasteiger partial charge in [0.1, 0.15) is 0 Å². The van der Waals surface area contributed by atoms with Gasteiger partial charge in [-0.25, -0.2) is 0 Å². The van der Waals surface area contributed by atoms with E-state index in [1.54, 1.807) is 0 Å². The van der Waals surface area contributed by atoms with Crippen molar-refractivity contribution >= 4 is 35.1 Å². The normalized spacial score (nSPS) is 17.3. The molecule has 0 saturated carbocycles. The van der Waals surface area contributed by atoms with Gasteiger partial charge in [0.2, 0.25) is 0 Å². The summed E-state index contributed by atoms with van der Waals surface area (Å²) in [7, 11) is 1.30. The summed E-state index contributed by atoms with van der Waals surface area (Å²) in [6, 6.07) is 0. The Balaban J connectivity index is 3.32. The van der Waals surface area contributed by atoms with Crippen LogP contribution < -0.4 is 0 Å². The summed E-state index contributed by atoms with van der Waals surface area (Å²) in [6.07, 6.45) is -0.729. The average molecular weight is 186 g/mol. The van der Waals surface area contributed by atoms with E-state index in [1.165, 1.54) is 10.8 Å². The SMILES string of the molecule is OC[C@@H](O)[C@H](S)CSS. The first-order valence-electron chi connectivity index (χ1n) is 2.45. The number of rotatable bonds is 4. The first-order valence-corrected chi connectivity index (χ1v) is 5.01. The summed E-state index contributed by atoms with van der Waals surface area (Å²) in [6.45, 7) is -0.234. The quantitative estimate of drug-likeness (QED) is 0.375. The molecule has 0 amide bonds. The van der Waals surface area contributed by atoms with Gasteiger partial charge < -0.3 is 10.2 Å². The van der Waals surface area contributed by atoms with Crippen molar-refractivity contribution in [2.75, 3.05) is 12.4 Å². The molecule has 0 radical (unpaired) electrons. The maximum Gasteiger partial charge on any atom is 0.0894 e. The molecule has 56 valence electrons. The van der Waals surface area contributed by atoms with E-state index in [2.05, 4.69) is 24.3 Å². The van der Waals surface area contributed by atoms with E-state index >= 15 is 0 Å². The first kappa shape index (κ1) is 9.97. The second-order valence-electron chi connectivity index (χ2n) is 1.61. The lowest BCUT2D eigenvalue weighted by atomic mass is 10.3. The third-order valence-corrected chi connectivity index (χ3v) is 2.61. The second kappa shape index (κ2) is 5.73. The first-order chi connectivity index (χ1) is 4.22. The fourth-order valence-corrected chi connectivity index (χ4v) is 1.84. The summed E-state index contributed by atoms with van der Waals surface area (Å²) in [4.78, 5) is 0. The largest absolute Gasteiger partial charge is 0.394 e. The predicted octanol–water partition coefficient (Wildman–Crippen LogP) is 0.216. The molecule has 0 aliphatic heterocycles. The van der Waals surface area contributed by atoms with E-state index in [0.717, 1.165) is 0 Å². The van der Waals surface area contributed by atoms with E-state index in [4.69, 9.17) is 10.2 Å². The molecular formula is C4H10O2S3. The fourth-order valence-electron chi connectivity index (χ4n) is 0.309. The van der Waals surface area contributed by atoms with E-state index in [1.807, 2.05) is 0 Å². The van der Waals surface area contributed by atoms with Crippen LogP contribution in [0.2, 0.25) is 0 Å². The maximum atomic E-state index is 8.88. The van der Waals surface area contributed by atoms with E-state index in [0.29, 0.717) is 5.75 Å². The van der Waals surface area contributed by atoms with Gasteiger partial charge in [0.05, 0.1) is 12.7 Å². The van der Waals surface area contributed by atoms with Gasteiger partial charge in [-0.2, -0.15) is 12.6 Å². The third kappa shape index (κ3) is 4.38. The van der Waals surface area contributed by atoms with E-state index in [9.17, 15) is 0 Å². The van der Waals surface area contributed by atoms with Gasteiger partial charge in [-0.05, 0) is 0 Å². The highest BCUT2D eigenvalue weighted by Crippen LogP contribution is 2.13. The van der Waals surface area contributed by atoms with Crippen molar-refractivity contribution in [2.24, 2.45) is 0 Å². The van der Waals surface area contributed by atoms with E-state index < -0.39 is 6.10 Å². The summed E-state index contributed by atoms with van der Waals surface area (Å²) in [5, 5.41) is 17.1. The van der Waals surface area contributed by atoms with Crippen molar-refractivity contribution in [3.63, 3.8) is 0 Å². The molecule has 2 N–H and O–H groups in total. The molecule has 0 aliphatic rings. The van der Waals surface area contributed by atoms with Crippen LogP contribution in [0.3, 0.4) is 0 Å². The van der Waals surface area contributed by atoms with Crippen LogP contribution in [0.4, 0.5) is 0 Å². The number of aliphatic hydroxyl groups excluding tert-OH is 2. The Bertz CT molecular complexity index is 70.8. The molecule has 0 saturated heterocycles.